The third kappa shape index (κ3) is 4.69. The van der Waals surface area contributed by atoms with Crippen LogP contribution in [0.15, 0.2) is 36.5 Å². The van der Waals surface area contributed by atoms with Crippen LogP contribution in [0.1, 0.15) is 37.1 Å². The Kier molecular flexibility index (Phi) is 5.52. The lowest BCUT2D eigenvalue weighted by Crippen LogP contribution is -1.90. The van der Waals surface area contributed by atoms with Crippen molar-refractivity contribution < 1.29 is 0 Å². The molecule has 0 unspecified atom stereocenters. The molecule has 3 rings (SSSR count). The molecule has 3 nitrogen and oxygen atoms in total. The first-order valence-corrected chi connectivity index (χ1v) is 8.71. The molecule has 0 bridgehead atoms. The lowest BCUT2D eigenvalue weighted by molar-refractivity contribution is 0.632. The first-order chi connectivity index (χ1) is 11.2. The Bertz CT molecular complexity index is 730. The van der Waals surface area contributed by atoms with Gasteiger partial charge >= 0.3 is 0 Å². The van der Waals surface area contributed by atoms with Gasteiger partial charge in [0.2, 0.25) is 0 Å². The van der Waals surface area contributed by atoms with E-state index in [0.717, 1.165) is 42.7 Å². The Morgan fingerprint density at radius 3 is 2.39 bits per heavy atom. The lowest BCUT2D eigenvalue weighted by atomic mass is 10.1. The summed E-state index contributed by atoms with van der Waals surface area (Å²) in [5.74, 6) is 1.03. The number of fused-ring (bicyclic) bond motifs is 1. The Balaban J connectivity index is 1.38. The zero-order chi connectivity index (χ0) is 16.1. The van der Waals surface area contributed by atoms with Gasteiger partial charge in [0.05, 0.1) is 5.52 Å². The fraction of sp³-hybridized carbons (Fsp3) is 0.333. The molecule has 0 fully saturated rings. The quantitative estimate of drug-likeness (QED) is 0.564. The number of aryl methyl sites for hydroxylation is 2. The number of aromatic amines is 1. The average molecular weight is 348 g/mol. The highest BCUT2D eigenvalue weighted by Crippen LogP contribution is 2.20. The first kappa shape index (κ1) is 16.3. The van der Waals surface area contributed by atoms with Gasteiger partial charge in [0.25, 0.3) is 0 Å². The summed E-state index contributed by atoms with van der Waals surface area (Å²) in [6.07, 6.45) is 8.44. The van der Waals surface area contributed by atoms with E-state index in [0.29, 0.717) is 10.0 Å². The van der Waals surface area contributed by atoms with Gasteiger partial charge in [0.1, 0.15) is 5.82 Å². The van der Waals surface area contributed by atoms with E-state index in [1.807, 2.05) is 24.3 Å². The van der Waals surface area contributed by atoms with E-state index in [-0.39, 0.29) is 0 Å². The molecule has 23 heavy (non-hydrogen) atoms. The lowest BCUT2D eigenvalue weighted by Gasteiger charge is -2.03. The number of hydrogen-bond donors (Lipinski definition) is 1. The van der Waals surface area contributed by atoms with Crippen LogP contribution in [-0.4, -0.2) is 15.0 Å². The van der Waals surface area contributed by atoms with E-state index in [2.05, 4.69) is 15.0 Å². The summed E-state index contributed by atoms with van der Waals surface area (Å²) in [4.78, 5) is 12.1. The SMILES string of the molecule is Clc1cc(Cl)cc(CCCCCCc2nc3ncccc3[nH]2)c1. The Morgan fingerprint density at radius 2 is 1.65 bits per heavy atom. The first-order valence-electron chi connectivity index (χ1n) is 7.95. The summed E-state index contributed by atoms with van der Waals surface area (Å²) in [5, 5.41) is 1.43. The third-order valence-electron chi connectivity index (χ3n) is 3.86. The molecule has 1 aromatic carbocycles. The minimum Gasteiger partial charge on any atom is -0.341 e. The average Bonchev–Trinajstić information content (AvgIpc) is 2.92. The molecular formula is C18H19Cl2N3. The monoisotopic (exact) mass is 347 g/mol. The summed E-state index contributed by atoms with van der Waals surface area (Å²) in [7, 11) is 0. The smallest absolute Gasteiger partial charge is 0.177 e. The van der Waals surface area contributed by atoms with Gasteiger partial charge in [0, 0.05) is 22.7 Å². The standard InChI is InChI=1S/C18H19Cl2N3/c19-14-10-13(11-15(20)12-14)6-3-1-2-4-8-17-22-16-7-5-9-21-18(16)23-17/h5,7,9-12H,1-4,6,8H2,(H,21,22,23). The molecule has 1 N–H and O–H groups in total. The molecule has 2 aromatic heterocycles. The maximum atomic E-state index is 6.01. The summed E-state index contributed by atoms with van der Waals surface area (Å²) in [6.45, 7) is 0. The Labute approximate surface area is 146 Å². The molecule has 0 amide bonds. The molecule has 0 aliphatic carbocycles. The predicted octanol–water partition coefficient (Wildman–Crippen LogP) is 5.61. The fourth-order valence-electron chi connectivity index (χ4n) is 2.74. The Hall–Kier alpha value is -1.58. The number of benzene rings is 1. The zero-order valence-corrected chi connectivity index (χ0v) is 14.4. The van der Waals surface area contributed by atoms with E-state index in [1.54, 1.807) is 12.3 Å². The maximum absolute atomic E-state index is 6.01. The summed E-state index contributed by atoms with van der Waals surface area (Å²) in [6, 6.07) is 9.69. The van der Waals surface area contributed by atoms with Crippen LogP contribution < -0.4 is 0 Å². The van der Waals surface area contributed by atoms with Gasteiger partial charge in [-0.25, -0.2) is 9.97 Å². The van der Waals surface area contributed by atoms with Gasteiger partial charge in [-0.1, -0.05) is 36.0 Å². The van der Waals surface area contributed by atoms with E-state index in [4.69, 9.17) is 23.2 Å². The van der Waals surface area contributed by atoms with Crippen LogP contribution in [0.25, 0.3) is 11.2 Å². The fourth-order valence-corrected chi connectivity index (χ4v) is 3.31. The number of halogens is 2. The molecule has 5 heteroatoms. The third-order valence-corrected chi connectivity index (χ3v) is 4.29. The van der Waals surface area contributed by atoms with Crippen LogP contribution in [0, 0.1) is 0 Å². The minimum absolute atomic E-state index is 0.714. The van der Waals surface area contributed by atoms with Crippen molar-refractivity contribution in [3.63, 3.8) is 0 Å². The topological polar surface area (TPSA) is 41.6 Å². The number of nitrogens with zero attached hydrogens (tertiary/aromatic N) is 2. The number of aromatic nitrogens is 3. The van der Waals surface area contributed by atoms with Crippen molar-refractivity contribution in [2.24, 2.45) is 0 Å². The van der Waals surface area contributed by atoms with Crippen molar-refractivity contribution >= 4 is 34.4 Å². The summed E-state index contributed by atoms with van der Waals surface area (Å²) in [5.41, 5.74) is 3.03. The van der Waals surface area contributed by atoms with Crippen molar-refractivity contribution in [1.82, 2.24) is 15.0 Å². The van der Waals surface area contributed by atoms with E-state index >= 15 is 0 Å². The number of nitrogens with one attached hydrogen (secondary N) is 1. The Morgan fingerprint density at radius 1 is 0.913 bits per heavy atom. The molecule has 0 atom stereocenters. The van der Waals surface area contributed by atoms with E-state index in [1.165, 1.54) is 18.4 Å². The number of rotatable bonds is 7. The number of pyridine rings is 1. The largest absolute Gasteiger partial charge is 0.341 e. The van der Waals surface area contributed by atoms with Crippen LogP contribution in [0.3, 0.4) is 0 Å². The summed E-state index contributed by atoms with van der Waals surface area (Å²) >= 11 is 12.0. The number of hydrogen-bond acceptors (Lipinski definition) is 2. The zero-order valence-electron chi connectivity index (χ0n) is 12.9. The van der Waals surface area contributed by atoms with Crippen molar-refractivity contribution in [2.75, 3.05) is 0 Å². The van der Waals surface area contributed by atoms with Gasteiger partial charge in [-0.15, -0.1) is 0 Å². The molecule has 0 radical (unpaired) electrons. The van der Waals surface area contributed by atoms with Gasteiger partial charge in [0.15, 0.2) is 5.65 Å². The van der Waals surface area contributed by atoms with Gasteiger partial charge in [-0.3, -0.25) is 0 Å². The minimum atomic E-state index is 0.714. The molecule has 120 valence electrons. The second-order valence-corrected chi connectivity index (χ2v) is 6.62. The second-order valence-electron chi connectivity index (χ2n) is 5.75. The van der Waals surface area contributed by atoms with Crippen LogP contribution in [0.4, 0.5) is 0 Å². The van der Waals surface area contributed by atoms with Gasteiger partial charge in [-0.05, 0) is 55.2 Å². The van der Waals surface area contributed by atoms with Crippen LogP contribution in [0.5, 0.6) is 0 Å². The van der Waals surface area contributed by atoms with Crippen LogP contribution >= 0.6 is 23.2 Å². The molecule has 0 saturated carbocycles. The molecule has 3 aromatic rings. The highest BCUT2D eigenvalue weighted by Gasteiger charge is 2.03. The van der Waals surface area contributed by atoms with Crippen molar-refractivity contribution in [2.45, 2.75) is 38.5 Å². The molecule has 2 heterocycles. The molecule has 0 spiro atoms. The molecule has 0 saturated heterocycles. The number of unbranched alkanes of at least 4 members (excludes halogenated alkanes) is 3. The highest BCUT2D eigenvalue weighted by atomic mass is 35.5. The summed E-state index contributed by atoms with van der Waals surface area (Å²) < 4.78 is 0. The molecule has 0 aliphatic rings. The van der Waals surface area contributed by atoms with Crippen molar-refractivity contribution in [3.8, 4) is 0 Å². The van der Waals surface area contributed by atoms with E-state index in [9.17, 15) is 0 Å². The molecular weight excluding hydrogens is 329 g/mol. The van der Waals surface area contributed by atoms with E-state index < -0.39 is 0 Å². The van der Waals surface area contributed by atoms with Crippen molar-refractivity contribution in [3.05, 3.63) is 58.0 Å². The van der Waals surface area contributed by atoms with Crippen LogP contribution in [-0.2, 0) is 12.8 Å². The number of imidazole rings is 1. The second kappa shape index (κ2) is 7.80. The van der Waals surface area contributed by atoms with Crippen LogP contribution in [0.2, 0.25) is 10.0 Å². The van der Waals surface area contributed by atoms with Gasteiger partial charge < -0.3 is 4.98 Å². The van der Waals surface area contributed by atoms with Crippen molar-refractivity contribution in [1.29, 1.82) is 0 Å². The normalized spacial score (nSPS) is 11.2. The maximum Gasteiger partial charge on any atom is 0.177 e. The highest BCUT2D eigenvalue weighted by molar-refractivity contribution is 6.34. The van der Waals surface area contributed by atoms with Gasteiger partial charge in [-0.2, -0.15) is 0 Å². The predicted molar refractivity (Wildman–Crippen MR) is 96.2 cm³/mol. The molecule has 0 aliphatic heterocycles. The number of H-pyrrole nitrogens is 1.